The van der Waals surface area contributed by atoms with Crippen LogP contribution in [-0.2, 0) is 27.9 Å². The van der Waals surface area contributed by atoms with Gasteiger partial charge in [-0.1, -0.05) is 52.3 Å². The molecule has 0 spiro atoms. The average Bonchev–Trinajstić information content (AvgIpc) is 2.78. The van der Waals surface area contributed by atoms with Crippen molar-refractivity contribution in [2.75, 3.05) is 11.4 Å². The van der Waals surface area contributed by atoms with E-state index in [0.29, 0.717) is 11.3 Å². The molecule has 0 saturated carbocycles. The van der Waals surface area contributed by atoms with Crippen LogP contribution in [-0.4, -0.2) is 25.2 Å². The van der Waals surface area contributed by atoms with Gasteiger partial charge in [0.15, 0.2) is 0 Å². The van der Waals surface area contributed by atoms with Gasteiger partial charge in [0.2, 0.25) is 15.9 Å². The molecule has 0 fully saturated rings. The van der Waals surface area contributed by atoms with Crippen LogP contribution in [0.3, 0.4) is 0 Å². The smallest absolute Gasteiger partial charge is 0.245 e. The summed E-state index contributed by atoms with van der Waals surface area (Å²) in [5.41, 5.74) is 1.64. The Labute approximate surface area is 182 Å². The highest BCUT2D eigenvalue weighted by Gasteiger charge is 2.36. The van der Waals surface area contributed by atoms with Crippen LogP contribution in [0, 0.1) is 5.82 Å². The minimum Gasteiger partial charge on any atom is -0.305 e. The molecule has 0 aliphatic carbocycles. The van der Waals surface area contributed by atoms with E-state index in [0.717, 1.165) is 10.0 Å². The van der Waals surface area contributed by atoms with Gasteiger partial charge in [0, 0.05) is 11.0 Å². The maximum atomic E-state index is 13.6. The lowest BCUT2D eigenvalue weighted by Crippen LogP contribution is -2.38. The number of anilines is 1. The number of hydrogen-bond acceptors (Lipinski definition) is 3. The summed E-state index contributed by atoms with van der Waals surface area (Å²) in [6.45, 7) is -0.164. The van der Waals surface area contributed by atoms with Gasteiger partial charge in [-0.25, -0.2) is 12.8 Å². The Morgan fingerprint density at radius 3 is 2.33 bits per heavy atom. The Balaban J connectivity index is 1.75. The second-order valence-electron chi connectivity index (χ2n) is 6.98. The van der Waals surface area contributed by atoms with Crippen LogP contribution in [0.2, 0.25) is 0 Å². The molecule has 1 heterocycles. The Bertz CT molecular complexity index is 1220. The van der Waals surface area contributed by atoms with Crippen molar-refractivity contribution in [2.24, 2.45) is 0 Å². The number of sulfonamides is 1. The number of para-hydroxylation sites is 1. The molecule has 8 heteroatoms. The fraction of sp³-hybridized carbons (Fsp3) is 0.136. The Morgan fingerprint density at radius 1 is 0.900 bits per heavy atom. The molecule has 0 unspecified atom stereocenters. The third-order valence-electron chi connectivity index (χ3n) is 4.86. The molecule has 0 aromatic heterocycles. The SMILES string of the molecule is O=C1CN(Cc2cccc(Br)c2)S(=O)(=O)c2ccccc2N1Cc1cccc(F)c1. The summed E-state index contributed by atoms with van der Waals surface area (Å²) in [7, 11) is -3.92. The average molecular weight is 489 g/mol. The van der Waals surface area contributed by atoms with Crippen LogP contribution in [0.15, 0.2) is 82.2 Å². The number of carbonyl (C=O) groups is 1. The molecule has 1 aliphatic heterocycles. The van der Waals surface area contributed by atoms with E-state index >= 15 is 0 Å². The van der Waals surface area contributed by atoms with Crippen LogP contribution in [0.4, 0.5) is 10.1 Å². The molecule has 0 bridgehead atoms. The first-order chi connectivity index (χ1) is 14.3. The third-order valence-corrected chi connectivity index (χ3v) is 7.20. The molecular weight excluding hydrogens is 471 g/mol. The second-order valence-corrected chi connectivity index (χ2v) is 9.80. The summed E-state index contributed by atoms with van der Waals surface area (Å²) in [6.07, 6.45) is 0. The van der Waals surface area contributed by atoms with E-state index in [-0.39, 0.29) is 30.4 Å². The van der Waals surface area contributed by atoms with Crippen LogP contribution in [0.1, 0.15) is 11.1 Å². The molecule has 0 N–H and O–H groups in total. The summed E-state index contributed by atoms with van der Waals surface area (Å²) in [5.74, 6) is -0.783. The lowest BCUT2D eigenvalue weighted by molar-refractivity contribution is -0.119. The number of halogens is 2. The van der Waals surface area contributed by atoms with E-state index in [2.05, 4.69) is 15.9 Å². The van der Waals surface area contributed by atoms with Gasteiger partial charge in [0.25, 0.3) is 0 Å². The molecule has 0 saturated heterocycles. The molecule has 5 nitrogen and oxygen atoms in total. The molecule has 1 amide bonds. The Morgan fingerprint density at radius 2 is 1.60 bits per heavy atom. The van der Waals surface area contributed by atoms with Crippen molar-refractivity contribution in [1.82, 2.24) is 4.31 Å². The summed E-state index contributed by atoms with van der Waals surface area (Å²) in [5, 5.41) is 0. The van der Waals surface area contributed by atoms with Gasteiger partial charge in [-0.2, -0.15) is 4.31 Å². The third kappa shape index (κ3) is 4.16. The summed E-state index contributed by atoms with van der Waals surface area (Å²) < 4.78 is 42.4. The standard InChI is InChI=1S/C22H18BrFN2O3S/c23-18-7-3-5-16(11-18)13-25-15-22(27)26(14-17-6-4-8-19(24)12-17)20-9-1-2-10-21(20)30(25,28)29/h1-12H,13-15H2. The Kier molecular flexibility index (Phi) is 5.73. The first-order valence-electron chi connectivity index (χ1n) is 9.23. The van der Waals surface area contributed by atoms with Crippen molar-refractivity contribution in [3.63, 3.8) is 0 Å². The highest BCUT2D eigenvalue weighted by molar-refractivity contribution is 9.10. The quantitative estimate of drug-likeness (QED) is 0.549. The van der Waals surface area contributed by atoms with Gasteiger partial charge in [-0.3, -0.25) is 4.79 Å². The number of carbonyl (C=O) groups excluding carboxylic acids is 1. The number of hydrogen-bond donors (Lipinski definition) is 0. The molecule has 154 valence electrons. The highest BCUT2D eigenvalue weighted by Crippen LogP contribution is 2.33. The molecule has 4 rings (SSSR count). The highest BCUT2D eigenvalue weighted by atomic mass is 79.9. The fourth-order valence-corrected chi connectivity index (χ4v) is 5.48. The molecule has 1 aliphatic rings. The number of amides is 1. The molecule has 3 aromatic carbocycles. The zero-order valence-electron chi connectivity index (χ0n) is 15.8. The predicted molar refractivity (Wildman–Crippen MR) is 116 cm³/mol. The van der Waals surface area contributed by atoms with Crippen LogP contribution in [0.25, 0.3) is 0 Å². The van der Waals surface area contributed by atoms with Crippen LogP contribution >= 0.6 is 15.9 Å². The zero-order chi connectivity index (χ0) is 21.3. The van der Waals surface area contributed by atoms with Gasteiger partial charge in [0.1, 0.15) is 10.7 Å². The first kappa shape index (κ1) is 20.7. The van der Waals surface area contributed by atoms with Crippen molar-refractivity contribution in [3.8, 4) is 0 Å². The largest absolute Gasteiger partial charge is 0.305 e. The van der Waals surface area contributed by atoms with Gasteiger partial charge in [-0.15, -0.1) is 0 Å². The first-order valence-corrected chi connectivity index (χ1v) is 11.5. The van der Waals surface area contributed by atoms with E-state index in [9.17, 15) is 17.6 Å². The summed E-state index contributed by atoms with van der Waals surface area (Å²) >= 11 is 3.39. The number of fused-ring (bicyclic) bond motifs is 1. The lowest BCUT2D eigenvalue weighted by atomic mass is 10.2. The second kappa shape index (κ2) is 8.29. The van der Waals surface area contributed by atoms with Crippen LogP contribution in [0.5, 0.6) is 0 Å². The molecule has 3 aromatic rings. The summed E-state index contributed by atoms with van der Waals surface area (Å²) in [6, 6.07) is 19.6. The van der Waals surface area contributed by atoms with Crippen molar-refractivity contribution < 1.29 is 17.6 Å². The summed E-state index contributed by atoms with van der Waals surface area (Å²) in [4.78, 5) is 14.6. The van der Waals surface area contributed by atoms with E-state index in [1.54, 1.807) is 30.3 Å². The van der Waals surface area contributed by atoms with Crippen molar-refractivity contribution in [1.29, 1.82) is 0 Å². The zero-order valence-corrected chi connectivity index (χ0v) is 18.2. The topological polar surface area (TPSA) is 57.7 Å². The maximum Gasteiger partial charge on any atom is 0.245 e. The minimum absolute atomic E-state index is 0.0576. The van der Waals surface area contributed by atoms with Crippen LogP contribution < -0.4 is 4.90 Å². The van der Waals surface area contributed by atoms with E-state index < -0.39 is 15.8 Å². The van der Waals surface area contributed by atoms with Gasteiger partial charge >= 0.3 is 0 Å². The van der Waals surface area contributed by atoms with Crippen molar-refractivity contribution in [3.05, 3.63) is 94.2 Å². The van der Waals surface area contributed by atoms with Gasteiger partial charge < -0.3 is 4.90 Å². The van der Waals surface area contributed by atoms with E-state index in [1.807, 2.05) is 24.3 Å². The minimum atomic E-state index is -3.92. The molecule has 0 atom stereocenters. The number of nitrogens with zero attached hydrogens (tertiary/aromatic N) is 2. The maximum absolute atomic E-state index is 13.6. The van der Waals surface area contributed by atoms with Gasteiger partial charge in [-0.05, 0) is 47.5 Å². The van der Waals surface area contributed by atoms with E-state index in [4.69, 9.17) is 0 Å². The fourth-order valence-electron chi connectivity index (χ4n) is 3.46. The number of benzene rings is 3. The number of rotatable bonds is 4. The van der Waals surface area contributed by atoms with E-state index in [1.165, 1.54) is 27.4 Å². The van der Waals surface area contributed by atoms with Gasteiger partial charge in [0.05, 0.1) is 18.8 Å². The lowest BCUT2D eigenvalue weighted by Gasteiger charge is -2.22. The monoisotopic (exact) mass is 488 g/mol. The normalized spacial score (nSPS) is 16.2. The predicted octanol–water partition coefficient (Wildman–Crippen LogP) is 4.33. The van der Waals surface area contributed by atoms with Crippen molar-refractivity contribution in [2.45, 2.75) is 18.0 Å². The molecule has 0 radical (unpaired) electrons. The molecular formula is C22H18BrFN2O3S. The molecule has 30 heavy (non-hydrogen) atoms. The Hall–Kier alpha value is -2.55. The van der Waals surface area contributed by atoms with Crippen molar-refractivity contribution >= 4 is 37.5 Å².